The van der Waals surface area contributed by atoms with Crippen LogP contribution >= 0.6 is 0 Å². The molecule has 4 heteroatoms. The van der Waals surface area contributed by atoms with Crippen molar-refractivity contribution in [2.24, 2.45) is 0 Å². The smallest absolute Gasteiger partial charge is 0.321 e. The van der Waals surface area contributed by atoms with Crippen molar-refractivity contribution < 1.29 is 14.6 Å². The quantitative estimate of drug-likeness (QED) is 0.896. The molecule has 0 bridgehead atoms. The molecule has 1 aliphatic rings. The molecule has 1 fully saturated rings. The zero-order valence-corrected chi connectivity index (χ0v) is 12.2. The Labute approximate surface area is 120 Å². The summed E-state index contributed by atoms with van der Waals surface area (Å²) in [4.78, 5) is 13.5. The van der Waals surface area contributed by atoms with Gasteiger partial charge in [0, 0.05) is 13.1 Å². The van der Waals surface area contributed by atoms with E-state index in [1.54, 1.807) is 0 Å². The highest BCUT2D eigenvalue weighted by Crippen LogP contribution is 2.17. The Bertz CT molecular complexity index is 436. The molecule has 20 heavy (non-hydrogen) atoms. The van der Waals surface area contributed by atoms with Crippen molar-refractivity contribution in [1.29, 1.82) is 0 Å². The van der Waals surface area contributed by atoms with Gasteiger partial charge in [-0.1, -0.05) is 38.1 Å². The summed E-state index contributed by atoms with van der Waals surface area (Å²) in [7, 11) is 0. The molecular weight excluding hydrogens is 254 g/mol. The van der Waals surface area contributed by atoms with Crippen LogP contribution < -0.4 is 0 Å². The van der Waals surface area contributed by atoms with Crippen molar-refractivity contribution in [1.82, 2.24) is 4.90 Å². The lowest BCUT2D eigenvalue weighted by Gasteiger charge is -2.32. The van der Waals surface area contributed by atoms with Gasteiger partial charge in [-0.3, -0.25) is 9.69 Å². The van der Waals surface area contributed by atoms with Crippen LogP contribution in [0.1, 0.15) is 30.9 Å². The molecule has 0 unspecified atom stereocenters. The van der Waals surface area contributed by atoms with E-state index in [4.69, 9.17) is 4.74 Å². The number of morpholine rings is 1. The molecule has 110 valence electrons. The van der Waals surface area contributed by atoms with E-state index in [1.165, 1.54) is 5.56 Å². The Kier molecular flexibility index (Phi) is 5.15. The van der Waals surface area contributed by atoms with E-state index >= 15 is 0 Å². The molecule has 4 nitrogen and oxygen atoms in total. The Balaban J connectivity index is 2.05. The zero-order valence-electron chi connectivity index (χ0n) is 12.2. The van der Waals surface area contributed by atoms with Gasteiger partial charge in [0.25, 0.3) is 0 Å². The van der Waals surface area contributed by atoms with Crippen molar-refractivity contribution >= 4 is 5.97 Å². The molecule has 1 N–H and O–H groups in total. The average molecular weight is 277 g/mol. The van der Waals surface area contributed by atoms with E-state index in [2.05, 4.69) is 26.0 Å². The van der Waals surface area contributed by atoms with Gasteiger partial charge in [0.15, 0.2) is 0 Å². The molecular formula is C16H23NO3. The maximum Gasteiger partial charge on any atom is 0.321 e. The summed E-state index contributed by atoms with van der Waals surface area (Å²) in [6.07, 6.45) is 0.549. The first-order valence-corrected chi connectivity index (χ1v) is 7.21. The van der Waals surface area contributed by atoms with Gasteiger partial charge in [0.05, 0.1) is 13.2 Å². The predicted molar refractivity (Wildman–Crippen MR) is 78.1 cm³/mol. The molecule has 1 aromatic carbocycles. The van der Waals surface area contributed by atoms with E-state index in [1.807, 2.05) is 17.0 Å². The lowest BCUT2D eigenvalue weighted by Crippen LogP contribution is -2.48. The summed E-state index contributed by atoms with van der Waals surface area (Å²) in [6, 6.07) is 7.83. The number of hydrogen-bond donors (Lipinski definition) is 1. The second-order valence-electron chi connectivity index (χ2n) is 5.60. The molecule has 2 rings (SSSR count). The lowest BCUT2D eigenvalue weighted by atomic mass is 9.98. The number of benzene rings is 1. The molecule has 0 radical (unpaired) electrons. The van der Waals surface area contributed by atoms with Crippen molar-refractivity contribution in [3.8, 4) is 0 Å². The second-order valence-corrected chi connectivity index (χ2v) is 5.60. The molecule has 1 aromatic rings. The van der Waals surface area contributed by atoms with E-state index in [0.29, 0.717) is 38.6 Å². The summed E-state index contributed by atoms with van der Waals surface area (Å²) < 4.78 is 5.29. The number of aliphatic carboxylic acids is 1. The van der Waals surface area contributed by atoms with E-state index in [-0.39, 0.29) is 0 Å². The van der Waals surface area contributed by atoms with Crippen LogP contribution in [-0.4, -0.2) is 48.3 Å². The van der Waals surface area contributed by atoms with Crippen LogP contribution in [0.5, 0.6) is 0 Å². The number of carboxylic acids is 1. The van der Waals surface area contributed by atoms with Crippen molar-refractivity contribution in [2.45, 2.75) is 32.2 Å². The van der Waals surface area contributed by atoms with Gasteiger partial charge < -0.3 is 9.84 Å². The van der Waals surface area contributed by atoms with Crippen LogP contribution in [0.3, 0.4) is 0 Å². The van der Waals surface area contributed by atoms with Gasteiger partial charge in [-0.2, -0.15) is 0 Å². The average Bonchev–Trinajstić information content (AvgIpc) is 2.46. The van der Waals surface area contributed by atoms with Gasteiger partial charge in [0.2, 0.25) is 0 Å². The van der Waals surface area contributed by atoms with Gasteiger partial charge >= 0.3 is 5.97 Å². The minimum atomic E-state index is -0.750. The Hall–Kier alpha value is -1.39. The number of nitrogens with zero attached hydrogens (tertiary/aromatic N) is 1. The summed E-state index contributed by atoms with van der Waals surface area (Å²) in [6.45, 7) is 6.94. The highest BCUT2D eigenvalue weighted by atomic mass is 16.5. The second kappa shape index (κ2) is 6.86. The van der Waals surface area contributed by atoms with Crippen LogP contribution in [0.2, 0.25) is 0 Å². The number of hydrogen-bond acceptors (Lipinski definition) is 3. The third kappa shape index (κ3) is 3.81. The molecule has 1 heterocycles. The number of carbonyl (C=O) groups is 1. The van der Waals surface area contributed by atoms with Gasteiger partial charge in [0.1, 0.15) is 6.04 Å². The van der Waals surface area contributed by atoms with Crippen molar-refractivity contribution in [2.75, 3.05) is 26.3 Å². The number of rotatable bonds is 5. The molecule has 1 atom stereocenters. The van der Waals surface area contributed by atoms with Crippen LogP contribution in [0, 0.1) is 0 Å². The largest absolute Gasteiger partial charge is 0.480 e. The molecule has 1 saturated heterocycles. The fourth-order valence-corrected chi connectivity index (χ4v) is 2.52. The van der Waals surface area contributed by atoms with Gasteiger partial charge in [-0.05, 0) is 23.5 Å². The monoisotopic (exact) mass is 277 g/mol. The summed E-state index contributed by atoms with van der Waals surface area (Å²) in [5, 5.41) is 9.45. The zero-order chi connectivity index (χ0) is 14.5. The summed E-state index contributed by atoms with van der Waals surface area (Å²) >= 11 is 0. The normalized spacial score (nSPS) is 18.1. The Morgan fingerprint density at radius 1 is 1.25 bits per heavy atom. The summed E-state index contributed by atoms with van der Waals surface area (Å²) in [5.41, 5.74) is 2.36. The number of carboxylic acid groups (broad SMARTS) is 1. The van der Waals surface area contributed by atoms with Gasteiger partial charge in [-0.15, -0.1) is 0 Å². The molecule has 0 aromatic heterocycles. The van der Waals surface area contributed by atoms with E-state index in [0.717, 1.165) is 5.56 Å². The van der Waals surface area contributed by atoms with Crippen LogP contribution in [0.4, 0.5) is 0 Å². The molecule has 0 saturated carbocycles. The van der Waals surface area contributed by atoms with Crippen LogP contribution in [0.15, 0.2) is 24.3 Å². The fraction of sp³-hybridized carbons (Fsp3) is 0.562. The van der Waals surface area contributed by atoms with Crippen molar-refractivity contribution in [3.05, 3.63) is 35.4 Å². The highest BCUT2D eigenvalue weighted by Gasteiger charge is 2.27. The Morgan fingerprint density at radius 3 is 2.35 bits per heavy atom. The molecule has 1 aliphatic heterocycles. The highest BCUT2D eigenvalue weighted by molar-refractivity contribution is 5.74. The predicted octanol–water partition coefficient (Wildman–Crippen LogP) is 2.14. The molecule has 0 aliphatic carbocycles. The summed E-state index contributed by atoms with van der Waals surface area (Å²) in [5.74, 6) is -0.251. The molecule has 0 spiro atoms. The lowest BCUT2D eigenvalue weighted by molar-refractivity contribution is -0.145. The first-order valence-electron chi connectivity index (χ1n) is 7.21. The van der Waals surface area contributed by atoms with E-state index < -0.39 is 12.0 Å². The van der Waals surface area contributed by atoms with Gasteiger partial charge in [-0.25, -0.2) is 0 Å². The maximum absolute atomic E-state index is 11.5. The SMILES string of the molecule is CC(C)c1ccc(C[C@H](C(=O)O)N2CCOCC2)cc1. The third-order valence-electron chi connectivity index (χ3n) is 3.85. The van der Waals surface area contributed by atoms with Crippen LogP contribution in [-0.2, 0) is 16.0 Å². The fourth-order valence-electron chi connectivity index (χ4n) is 2.52. The minimum Gasteiger partial charge on any atom is -0.480 e. The Morgan fingerprint density at radius 2 is 1.85 bits per heavy atom. The van der Waals surface area contributed by atoms with E-state index in [9.17, 15) is 9.90 Å². The van der Waals surface area contributed by atoms with Crippen molar-refractivity contribution in [3.63, 3.8) is 0 Å². The number of ether oxygens (including phenoxy) is 1. The first kappa shape index (κ1) is 15.0. The minimum absolute atomic E-state index is 0.455. The first-order chi connectivity index (χ1) is 9.58. The molecule has 0 amide bonds. The van der Waals surface area contributed by atoms with Crippen LogP contribution in [0.25, 0.3) is 0 Å². The maximum atomic E-state index is 11.5. The topological polar surface area (TPSA) is 49.8 Å². The third-order valence-corrected chi connectivity index (χ3v) is 3.85. The standard InChI is InChI=1S/C16H23NO3/c1-12(2)14-5-3-13(4-6-14)11-15(16(18)19)17-7-9-20-10-8-17/h3-6,12,15H,7-11H2,1-2H3,(H,18,19)/t15-/m1/s1.